The van der Waals surface area contributed by atoms with Gasteiger partial charge in [0, 0.05) is 30.3 Å². The number of likely N-dealkylation sites (tertiary alicyclic amines) is 1. The minimum Gasteiger partial charge on any atom is -0.295 e. The Morgan fingerprint density at radius 3 is 2.14 bits per heavy atom. The lowest BCUT2D eigenvalue weighted by Crippen LogP contribution is -2.63. The molecule has 0 amide bonds. The van der Waals surface area contributed by atoms with Crippen molar-refractivity contribution in [2.24, 2.45) is 5.92 Å². The maximum atomic E-state index is 11.1. The molecule has 1 rings (SSSR count). The third-order valence-corrected chi connectivity index (χ3v) is 4.02. The van der Waals surface area contributed by atoms with Gasteiger partial charge in [-0.15, -0.1) is 0 Å². The average Bonchev–Trinajstić information content (AvgIpc) is 1.92. The molecule has 3 nitrogen and oxygen atoms in total. The third kappa shape index (κ3) is 2.70. The molecule has 2 atom stereocenters. The molecule has 1 heterocycles. The van der Waals surface area contributed by atoms with Crippen LogP contribution in [0, 0.1) is 5.92 Å². The second kappa shape index (κ2) is 3.49. The van der Waals surface area contributed by atoms with Crippen molar-refractivity contribution in [1.29, 1.82) is 0 Å². The Kier molecular flexibility index (Phi) is 2.99. The van der Waals surface area contributed by atoms with Crippen LogP contribution in [0.25, 0.3) is 0 Å². The summed E-state index contributed by atoms with van der Waals surface area (Å²) < 4.78 is 22.2. The fourth-order valence-electron chi connectivity index (χ4n) is 2.15. The molecule has 0 aromatic rings. The normalized spacial score (nSPS) is 30.1. The molecule has 1 fully saturated rings. The molecule has 0 aromatic carbocycles. The van der Waals surface area contributed by atoms with Crippen LogP contribution in [-0.2, 0) is 9.84 Å². The highest BCUT2D eigenvalue weighted by Crippen LogP contribution is 2.32. The van der Waals surface area contributed by atoms with Gasteiger partial charge in [-0.1, -0.05) is 0 Å². The first-order chi connectivity index (χ1) is 6.11. The number of sulfone groups is 1. The SMILES string of the molecule is C[C@@H]1[C@@H](CS(C)(=O)=O)CN1C(C)(C)C. The third-order valence-electron chi connectivity index (χ3n) is 2.98. The largest absolute Gasteiger partial charge is 0.295 e. The van der Waals surface area contributed by atoms with E-state index in [2.05, 4.69) is 32.6 Å². The van der Waals surface area contributed by atoms with E-state index in [1.807, 2.05) is 0 Å². The van der Waals surface area contributed by atoms with Crippen LogP contribution < -0.4 is 0 Å². The Labute approximate surface area is 87.4 Å². The second-order valence-electron chi connectivity index (χ2n) is 5.42. The molecular formula is C10H21NO2S. The van der Waals surface area contributed by atoms with Crippen LogP contribution in [0.4, 0.5) is 0 Å². The molecule has 0 aliphatic carbocycles. The summed E-state index contributed by atoms with van der Waals surface area (Å²) in [6.45, 7) is 9.53. The molecule has 0 saturated carbocycles. The Morgan fingerprint density at radius 1 is 1.36 bits per heavy atom. The van der Waals surface area contributed by atoms with Gasteiger partial charge in [0.05, 0.1) is 5.75 Å². The predicted octanol–water partition coefficient (Wildman–Crippen LogP) is 1.15. The van der Waals surface area contributed by atoms with Gasteiger partial charge in [0.25, 0.3) is 0 Å². The molecule has 0 bridgehead atoms. The van der Waals surface area contributed by atoms with Gasteiger partial charge >= 0.3 is 0 Å². The van der Waals surface area contributed by atoms with Crippen molar-refractivity contribution in [2.45, 2.75) is 39.3 Å². The summed E-state index contributed by atoms with van der Waals surface area (Å²) in [4.78, 5) is 2.35. The van der Waals surface area contributed by atoms with Crippen LogP contribution in [0.15, 0.2) is 0 Å². The molecule has 0 aromatic heterocycles. The summed E-state index contributed by atoms with van der Waals surface area (Å²) in [5.74, 6) is 0.657. The first kappa shape index (κ1) is 12.0. The first-order valence-corrected chi connectivity index (χ1v) is 7.12. The fourth-order valence-corrected chi connectivity index (χ4v) is 3.32. The van der Waals surface area contributed by atoms with E-state index < -0.39 is 9.84 Å². The quantitative estimate of drug-likeness (QED) is 0.699. The number of hydrogen-bond donors (Lipinski definition) is 0. The van der Waals surface area contributed by atoms with E-state index in [0.717, 1.165) is 6.54 Å². The van der Waals surface area contributed by atoms with Crippen LogP contribution in [0.5, 0.6) is 0 Å². The minimum absolute atomic E-state index is 0.160. The molecule has 1 aliphatic heterocycles. The van der Waals surface area contributed by atoms with Crippen LogP contribution >= 0.6 is 0 Å². The van der Waals surface area contributed by atoms with Crippen molar-refractivity contribution in [3.05, 3.63) is 0 Å². The highest BCUT2D eigenvalue weighted by Gasteiger charge is 2.42. The molecule has 0 spiro atoms. The van der Waals surface area contributed by atoms with Crippen molar-refractivity contribution in [2.75, 3.05) is 18.6 Å². The molecule has 14 heavy (non-hydrogen) atoms. The Bertz CT molecular complexity index is 303. The van der Waals surface area contributed by atoms with Crippen molar-refractivity contribution >= 4 is 9.84 Å². The summed E-state index contributed by atoms with van der Waals surface area (Å²) in [5.41, 5.74) is 0.160. The fraction of sp³-hybridized carbons (Fsp3) is 1.00. The topological polar surface area (TPSA) is 37.4 Å². The van der Waals surface area contributed by atoms with Gasteiger partial charge in [-0.25, -0.2) is 8.42 Å². The zero-order chi connectivity index (χ0) is 11.1. The van der Waals surface area contributed by atoms with Crippen LogP contribution in [0.1, 0.15) is 27.7 Å². The van der Waals surface area contributed by atoms with Crippen molar-refractivity contribution in [1.82, 2.24) is 4.90 Å². The molecule has 0 radical (unpaired) electrons. The van der Waals surface area contributed by atoms with E-state index in [0.29, 0.717) is 17.7 Å². The van der Waals surface area contributed by atoms with Crippen LogP contribution in [-0.4, -0.2) is 43.5 Å². The standard InChI is InChI=1S/C10H21NO2S/c1-8-9(7-14(5,12)13)6-11(8)10(2,3)4/h8-9H,6-7H2,1-5H3/t8-,9-/m1/s1. The van der Waals surface area contributed by atoms with Crippen molar-refractivity contribution in [3.8, 4) is 0 Å². The van der Waals surface area contributed by atoms with Gasteiger partial charge in [0.2, 0.25) is 0 Å². The second-order valence-corrected chi connectivity index (χ2v) is 7.60. The molecule has 0 unspecified atom stereocenters. The lowest BCUT2D eigenvalue weighted by Gasteiger charge is -2.53. The van der Waals surface area contributed by atoms with Gasteiger partial charge in [-0.2, -0.15) is 0 Å². The van der Waals surface area contributed by atoms with Gasteiger partial charge in [0.1, 0.15) is 9.84 Å². The van der Waals surface area contributed by atoms with E-state index in [1.165, 1.54) is 6.26 Å². The van der Waals surface area contributed by atoms with Gasteiger partial charge in [0.15, 0.2) is 0 Å². The van der Waals surface area contributed by atoms with Gasteiger partial charge in [-0.3, -0.25) is 4.90 Å². The summed E-state index contributed by atoms with van der Waals surface area (Å²) in [5, 5.41) is 0. The Morgan fingerprint density at radius 2 is 1.86 bits per heavy atom. The molecule has 0 N–H and O–H groups in total. The number of hydrogen-bond acceptors (Lipinski definition) is 3. The molecule has 4 heteroatoms. The molecule has 1 aliphatic rings. The number of nitrogens with zero attached hydrogens (tertiary/aromatic N) is 1. The molecule has 1 saturated heterocycles. The average molecular weight is 219 g/mol. The zero-order valence-corrected chi connectivity index (χ0v) is 10.6. The van der Waals surface area contributed by atoms with E-state index in [-0.39, 0.29) is 5.54 Å². The maximum absolute atomic E-state index is 11.1. The molecule has 84 valence electrons. The van der Waals surface area contributed by atoms with Crippen molar-refractivity contribution in [3.63, 3.8) is 0 Å². The van der Waals surface area contributed by atoms with Gasteiger partial charge < -0.3 is 0 Å². The van der Waals surface area contributed by atoms with Gasteiger partial charge in [-0.05, 0) is 27.7 Å². The summed E-state index contributed by atoms with van der Waals surface area (Å²) in [7, 11) is -2.81. The Balaban J connectivity index is 2.53. The maximum Gasteiger partial charge on any atom is 0.147 e. The highest BCUT2D eigenvalue weighted by molar-refractivity contribution is 7.90. The lowest BCUT2D eigenvalue weighted by molar-refractivity contribution is -0.0349. The first-order valence-electron chi connectivity index (χ1n) is 5.06. The van der Waals surface area contributed by atoms with E-state index >= 15 is 0 Å². The van der Waals surface area contributed by atoms with E-state index in [9.17, 15) is 8.42 Å². The summed E-state index contributed by atoms with van der Waals surface area (Å²) >= 11 is 0. The molecular weight excluding hydrogens is 198 g/mol. The monoisotopic (exact) mass is 219 g/mol. The highest BCUT2D eigenvalue weighted by atomic mass is 32.2. The predicted molar refractivity (Wildman–Crippen MR) is 59.1 cm³/mol. The lowest BCUT2D eigenvalue weighted by atomic mass is 9.86. The van der Waals surface area contributed by atoms with Crippen LogP contribution in [0.2, 0.25) is 0 Å². The zero-order valence-electron chi connectivity index (χ0n) is 9.74. The smallest absolute Gasteiger partial charge is 0.147 e. The Hall–Kier alpha value is -0.0900. The summed E-state index contributed by atoms with van der Waals surface area (Å²) in [6, 6.07) is 0.393. The number of rotatable bonds is 2. The summed E-state index contributed by atoms with van der Waals surface area (Å²) in [6.07, 6.45) is 1.32. The minimum atomic E-state index is -2.81. The van der Waals surface area contributed by atoms with Crippen LogP contribution in [0.3, 0.4) is 0 Å². The van der Waals surface area contributed by atoms with E-state index in [1.54, 1.807) is 0 Å². The van der Waals surface area contributed by atoms with E-state index in [4.69, 9.17) is 0 Å². The van der Waals surface area contributed by atoms with Crippen molar-refractivity contribution < 1.29 is 8.42 Å².